The number of carbonyl (C=O) groups is 1. The molecular weight excluding hydrogens is 272 g/mol. The van der Waals surface area contributed by atoms with Gasteiger partial charge in [-0.2, -0.15) is 0 Å². The van der Waals surface area contributed by atoms with Crippen molar-refractivity contribution in [3.63, 3.8) is 0 Å². The van der Waals surface area contributed by atoms with Gasteiger partial charge in [-0.25, -0.2) is 0 Å². The van der Waals surface area contributed by atoms with E-state index in [1.165, 1.54) is 0 Å². The number of amides is 1. The third-order valence-electron chi connectivity index (χ3n) is 2.30. The van der Waals surface area contributed by atoms with Gasteiger partial charge in [-0.1, -0.05) is 16.8 Å². The lowest BCUT2D eigenvalue weighted by Crippen LogP contribution is -2.23. The average Bonchev–Trinajstić information content (AvgIpc) is 2.75. The van der Waals surface area contributed by atoms with E-state index in [0.29, 0.717) is 33.5 Å². The zero-order valence-electron chi connectivity index (χ0n) is 9.61. The molecule has 0 radical (unpaired) electrons. The minimum atomic E-state index is -0.267. The van der Waals surface area contributed by atoms with Crippen molar-refractivity contribution < 1.29 is 9.32 Å². The normalized spacial score (nSPS) is 10.4. The molecule has 94 valence electrons. The second-order valence-corrected chi connectivity index (χ2v) is 4.70. The molecule has 0 aliphatic carbocycles. The summed E-state index contributed by atoms with van der Waals surface area (Å²) in [5, 5.41) is 6.89. The lowest BCUT2D eigenvalue weighted by molar-refractivity contribution is 0.0950. The number of aryl methyl sites for hydroxylation is 1. The first-order valence-corrected chi connectivity index (χ1v) is 6.07. The highest BCUT2D eigenvalue weighted by Gasteiger charge is 2.11. The number of thiol groups is 1. The largest absolute Gasteiger partial charge is 0.361 e. The van der Waals surface area contributed by atoms with E-state index in [4.69, 9.17) is 16.1 Å². The fourth-order valence-electron chi connectivity index (χ4n) is 1.45. The second-order valence-electron chi connectivity index (χ2n) is 3.78. The van der Waals surface area contributed by atoms with E-state index in [1.807, 2.05) is 0 Å². The predicted octanol–water partition coefficient (Wildman–Crippen LogP) is 2.86. The van der Waals surface area contributed by atoms with Gasteiger partial charge >= 0.3 is 0 Å². The molecule has 2 rings (SSSR count). The van der Waals surface area contributed by atoms with Crippen molar-refractivity contribution in [2.24, 2.45) is 0 Å². The van der Waals surface area contributed by atoms with Crippen LogP contribution < -0.4 is 5.32 Å². The Kier molecular flexibility index (Phi) is 3.93. The molecule has 0 saturated carbocycles. The van der Waals surface area contributed by atoms with Crippen molar-refractivity contribution in [3.05, 3.63) is 46.3 Å². The van der Waals surface area contributed by atoms with Crippen LogP contribution in [-0.4, -0.2) is 11.1 Å². The predicted molar refractivity (Wildman–Crippen MR) is 71.1 cm³/mol. The number of halogens is 1. The minimum absolute atomic E-state index is 0.267. The summed E-state index contributed by atoms with van der Waals surface area (Å²) < 4.78 is 4.91. The number of rotatable bonds is 3. The maximum Gasteiger partial charge on any atom is 0.253 e. The van der Waals surface area contributed by atoms with Crippen molar-refractivity contribution in [1.29, 1.82) is 0 Å². The van der Waals surface area contributed by atoms with Crippen LogP contribution in [0, 0.1) is 6.92 Å². The summed E-state index contributed by atoms with van der Waals surface area (Å²) in [5.41, 5.74) is 1.06. The van der Waals surface area contributed by atoms with Crippen molar-refractivity contribution in [2.75, 3.05) is 0 Å². The van der Waals surface area contributed by atoms with Crippen molar-refractivity contribution in [1.82, 2.24) is 10.5 Å². The standard InChI is InChI=1S/C12H11ClN2O2S/c1-7-4-8(15-17-7)6-14-12(16)10-5-9(18)2-3-11(10)13/h2-5,18H,6H2,1H3,(H,14,16). The number of aromatic nitrogens is 1. The van der Waals surface area contributed by atoms with Crippen molar-refractivity contribution in [2.45, 2.75) is 18.4 Å². The van der Waals surface area contributed by atoms with Gasteiger partial charge in [0.25, 0.3) is 5.91 Å². The molecule has 2 aromatic rings. The Hall–Kier alpha value is -1.46. The monoisotopic (exact) mass is 282 g/mol. The summed E-state index contributed by atoms with van der Waals surface area (Å²) in [7, 11) is 0. The van der Waals surface area contributed by atoms with Crippen LogP contribution in [-0.2, 0) is 6.54 Å². The Morgan fingerprint density at radius 3 is 2.94 bits per heavy atom. The first-order chi connectivity index (χ1) is 8.56. The molecule has 18 heavy (non-hydrogen) atoms. The van der Waals surface area contributed by atoms with Crippen LogP contribution in [0.4, 0.5) is 0 Å². The van der Waals surface area contributed by atoms with Gasteiger partial charge in [0.2, 0.25) is 0 Å². The van der Waals surface area contributed by atoms with E-state index in [1.54, 1.807) is 31.2 Å². The molecule has 1 aromatic heterocycles. The van der Waals surface area contributed by atoms with Crippen molar-refractivity contribution >= 4 is 30.1 Å². The molecule has 1 heterocycles. The Bertz CT molecular complexity index is 583. The van der Waals surface area contributed by atoms with E-state index in [9.17, 15) is 4.79 Å². The Balaban J connectivity index is 2.05. The number of nitrogens with zero attached hydrogens (tertiary/aromatic N) is 1. The number of nitrogens with one attached hydrogen (secondary N) is 1. The van der Waals surface area contributed by atoms with Gasteiger partial charge in [0.05, 0.1) is 17.1 Å². The fourth-order valence-corrected chi connectivity index (χ4v) is 1.86. The van der Waals surface area contributed by atoms with Crippen LogP contribution >= 0.6 is 24.2 Å². The molecule has 0 aliphatic heterocycles. The van der Waals surface area contributed by atoms with E-state index < -0.39 is 0 Å². The van der Waals surface area contributed by atoms with Crippen LogP contribution in [0.5, 0.6) is 0 Å². The highest BCUT2D eigenvalue weighted by molar-refractivity contribution is 7.80. The molecule has 0 saturated heterocycles. The van der Waals surface area contributed by atoms with Gasteiger partial charge in [0.1, 0.15) is 11.5 Å². The summed E-state index contributed by atoms with van der Waals surface area (Å²) in [6.07, 6.45) is 0. The fraction of sp³-hybridized carbons (Fsp3) is 0.167. The zero-order valence-corrected chi connectivity index (χ0v) is 11.3. The minimum Gasteiger partial charge on any atom is -0.361 e. The number of hydrogen-bond acceptors (Lipinski definition) is 4. The maximum atomic E-state index is 11.9. The van der Waals surface area contributed by atoms with Crippen LogP contribution in [0.2, 0.25) is 5.02 Å². The Labute approximate surface area is 115 Å². The third kappa shape index (κ3) is 3.05. The molecule has 0 fully saturated rings. The molecule has 0 unspecified atom stereocenters. The smallest absolute Gasteiger partial charge is 0.253 e. The number of carbonyl (C=O) groups excluding carboxylic acids is 1. The summed E-state index contributed by atoms with van der Waals surface area (Å²) in [4.78, 5) is 12.6. The highest BCUT2D eigenvalue weighted by atomic mass is 35.5. The second kappa shape index (κ2) is 5.46. The number of benzene rings is 1. The first kappa shape index (κ1) is 13.0. The molecule has 6 heteroatoms. The molecule has 0 spiro atoms. The van der Waals surface area contributed by atoms with E-state index in [2.05, 4.69) is 23.1 Å². The van der Waals surface area contributed by atoms with Crippen molar-refractivity contribution in [3.8, 4) is 0 Å². The van der Waals surface area contributed by atoms with E-state index >= 15 is 0 Å². The quantitative estimate of drug-likeness (QED) is 0.851. The Morgan fingerprint density at radius 1 is 1.50 bits per heavy atom. The maximum absolute atomic E-state index is 11.9. The zero-order chi connectivity index (χ0) is 13.1. The summed E-state index contributed by atoms with van der Waals surface area (Å²) >= 11 is 10.1. The average molecular weight is 283 g/mol. The van der Waals surface area contributed by atoms with Crippen LogP contribution in [0.25, 0.3) is 0 Å². The topological polar surface area (TPSA) is 55.1 Å². The lowest BCUT2D eigenvalue weighted by atomic mass is 10.2. The van der Waals surface area contributed by atoms with Gasteiger partial charge in [-0.15, -0.1) is 12.6 Å². The summed E-state index contributed by atoms with van der Waals surface area (Å²) in [6, 6.07) is 6.74. The third-order valence-corrected chi connectivity index (χ3v) is 2.91. The molecule has 1 amide bonds. The molecule has 1 aromatic carbocycles. The lowest BCUT2D eigenvalue weighted by Gasteiger charge is -2.05. The Morgan fingerprint density at radius 2 is 2.28 bits per heavy atom. The van der Waals surface area contributed by atoms with E-state index in [-0.39, 0.29) is 5.91 Å². The van der Waals surface area contributed by atoms with Crippen LogP contribution in [0.15, 0.2) is 33.7 Å². The van der Waals surface area contributed by atoms with Crippen LogP contribution in [0.1, 0.15) is 21.8 Å². The molecule has 0 bridgehead atoms. The summed E-state index contributed by atoms with van der Waals surface area (Å²) in [5.74, 6) is 0.436. The highest BCUT2D eigenvalue weighted by Crippen LogP contribution is 2.19. The van der Waals surface area contributed by atoms with Gasteiger partial charge in [-0.05, 0) is 25.1 Å². The molecule has 4 nitrogen and oxygen atoms in total. The van der Waals surface area contributed by atoms with Crippen LogP contribution in [0.3, 0.4) is 0 Å². The first-order valence-electron chi connectivity index (χ1n) is 5.25. The molecule has 0 aliphatic rings. The SMILES string of the molecule is Cc1cc(CNC(=O)c2cc(S)ccc2Cl)no1. The number of hydrogen-bond donors (Lipinski definition) is 2. The van der Waals surface area contributed by atoms with E-state index in [0.717, 1.165) is 0 Å². The molecule has 1 N–H and O–H groups in total. The van der Waals surface area contributed by atoms with Gasteiger partial charge < -0.3 is 9.84 Å². The van der Waals surface area contributed by atoms with Gasteiger partial charge in [-0.3, -0.25) is 4.79 Å². The molecule has 0 atom stereocenters. The molecular formula is C12H11ClN2O2S. The van der Waals surface area contributed by atoms with Gasteiger partial charge in [0.15, 0.2) is 0 Å². The van der Waals surface area contributed by atoms with Gasteiger partial charge in [0, 0.05) is 11.0 Å². The summed E-state index contributed by atoms with van der Waals surface area (Å²) in [6.45, 7) is 2.09.